The maximum absolute atomic E-state index is 13.1. The van der Waals surface area contributed by atoms with Gasteiger partial charge in [0.1, 0.15) is 5.82 Å². The molecule has 0 fully saturated rings. The average molecular weight is 354 g/mol. The molecule has 25 heavy (non-hydrogen) atoms. The number of para-hydroxylation sites is 1. The number of carbonyl (C=O) groups is 1. The molecule has 0 aliphatic carbocycles. The molecule has 1 unspecified atom stereocenters. The van der Waals surface area contributed by atoms with E-state index < -0.39 is 0 Å². The smallest absolute Gasteiger partial charge is 0.191 e. The number of thioether (sulfide) groups is 1. The van der Waals surface area contributed by atoms with E-state index in [0.29, 0.717) is 0 Å². The van der Waals surface area contributed by atoms with Gasteiger partial charge < -0.3 is 9.55 Å². The van der Waals surface area contributed by atoms with Crippen molar-refractivity contribution in [2.24, 2.45) is 0 Å². The summed E-state index contributed by atoms with van der Waals surface area (Å²) >= 11 is 1.52. The van der Waals surface area contributed by atoms with Gasteiger partial charge in [0.05, 0.1) is 5.25 Å². The number of rotatable bonds is 4. The Bertz CT molecular complexity index is 927. The summed E-state index contributed by atoms with van der Waals surface area (Å²) in [6.07, 6.45) is 4.54. The Morgan fingerprint density at radius 3 is 2.96 bits per heavy atom. The first kappa shape index (κ1) is 16.4. The highest BCUT2D eigenvalue weighted by Gasteiger charge is 2.25. The zero-order valence-corrected chi connectivity index (χ0v) is 15.4. The van der Waals surface area contributed by atoms with Gasteiger partial charge in [0.15, 0.2) is 10.9 Å². The molecule has 0 amide bonds. The van der Waals surface area contributed by atoms with Crippen molar-refractivity contribution in [2.75, 3.05) is 0 Å². The van der Waals surface area contributed by atoms with Gasteiger partial charge in [-0.15, -0.1) is 10.2 Å². The molecule has 3 aromatic rings. The second kappa shape index (κ2) is 6.67. The van der Waals surface area contributed by atoms with E-state index in [1.165, 1.54) is 24.6 Å². The number of aromatic amines is 1. The summed E-state index contributed by atoms with van der Waals surface area (Å²) in [5.41, 5.74) is 2.74. The monoisotopic (exact) mass is 354 g/mol. The molecular weight excluding hydrogens is 332 g/mol. The van der Waals surface area contributed by atoms with Crippen LogP contribution < -0.4 is 0 Å². The number of hydrogen-bond donors (Lipinski definition) is 1. The summed E-state index contributed by atoms with van der Waals surface area (Å²) in [4.78, 5) is 16.4. The first-order chi connectivity index (χ1) is 12.1. The van der Waals surface area contributed by atoms with E-state index in [1.807, 2.05) is 38.1 Å². The lowest BCUT2D eigenvalue weighted by molar-refractivity contribution is 0.0995. The standard InChI is InChI=1S/C19H22N4OS/c1-12-17(14-8-5-6-9-15(14)20-12)18(24)13(2)25-19-22-21-16-10-4-3-7-11-23(16)19/h5-6,8-9,13,20H,3-4,7,10-11H2,1-2H3. The Labute approximate surface area is 151 Å². The van der Waals surface area contributed by atoms with Crippen molar-refractivity contribution in [3.05, 3.63) is 41.3 Å². The summed E-state index contributed by atoms with van der Waals surface area (Å²) in [5.74, 6) is 1.20. The highest BCUT2D eigenvalue weighted by atomic mass is 32.2. The van der Waals surface area contributed by atoms with E-state index in [-0.39, 0.29) is 11.0 Å². The van der Waals surface area contributed by atoms with Crippen molar-refractivity contribution in [2.45, 2.75) is 56.5 Å². The number of aromatic nitrogens is 4. The molecule has 1 aliphatic heterocycles. The van der Waals surface area contributed by atoms with Gasteiger partial charge in [-0.25, -0.2) is 0 Å². The Morgan fingerprint density at radius 1 is 1.24 bits per heavy atom. The summed E-state index contributed by atoms with van der Waals surface area (Å²) < 4.78 is 2.20. The van der Waals surface area contributed by atoms with Crippen LogP contribution in [-0.2, 0) is 13.0 Å². The van der Waals surface area contributed by atoms with E-state index in [0.717, 1.165) is 52.5 Å². The van der Waals surface area contributed by atoms with Crippen LogP contribution in [0.15, 0.2) is 29.4 Å². The van der Waals surface area contributed by atoms with Crippen LogP contribution in [0, 0.1) is 6.92 Å². The van der Waals surface area contributed by atoms with Gasteiger partial charge in [0.2, 0.25) is 0 Å². The molecule has 2 aromatic heterocycles. The number of ketones is 1. The molecule has 130 valence electrons. The second-order valence-corrected chi connectivity index (χ2v) is 7.96. The first-order valence-electron chi connectivity index (χ1n) is 8.85. The van der Waals surface area contributed by atoms with Crippen molar-refractivity contribution in [3.8, 4) is 0 Å². The fourth-order valence-corrected chi connectivity index (χ4v) is 4.51. The molecule has 1 aromatic carbocycles. The zero-order chi connectivity index (χ0) is 17.4. The number of H-pyrrole nitrogens is 1. The maximum atomic E-state index is 13.1. The van der Waals surface area contributed by atoms with Gasteiger partial charge in [-0.05, 0) is 32.8 Å². The molecule has 0 spiro atoms. The number of hydrogen-bond acceptors (Lipinski definition) is 4. The van der Waals surface area contributed by atoms with Crippen LogP contribution in [0.25, 0.3) is 10.9 Å². The minimum Gasteiger partial charge on any atom is -0.358 e. The molecule has 0 saturated carbocycles. The van der Waals surface area contributed by atoms with Gasteiger partial charge >= 0.3 is 0 Å². The van der Waals surface area contributed by atoms with E-state index in [2.05, 4.69) is 19.7 Å². The number of Topliss-reactive ketones (excluding diaryl/α,β-unsaturated/α-hetero) is 1. The van der Waals surface area contributed by atoms with Crippen LogP contribution in [0.3, 0.4) is 0 Å². The molecule has 1 N–H and O–H groups in total. The molecule has 5 nitrogen and oxygen atoms in total. The van der Waals surface area contributed by atoms with E-state index in [4.69, 9.17) is 0 Å². The fourth-order valence-electron chi connectivity index (χ4n) is 3.55. The number of benzene rings is 1. The Kier molecular flexibility index (Phi) is 4.37. The highest BCUT2D eigenvalue weighted by Crippen LogP contribution is 2.30. The van der Waals surface area contributed by atoms with Crippen LogP contribution in [-0.4, -0.2) is 30.8 Å². The van der Waals surface area contributed by atoms with Crippen LogP contribution in [0.1, 0.15) is 48.1 Å². The number of nitrogens with one attached hydrogen (secondary N) is 1. The average Bonchev–Trinajstić information content (AvgIpc) is 3.04. The van der Waals surface area contributed by atoms with Gasteiger partial charge in [-0.2, -0.15) is 0 Å². The predicted molar refractivity (Wildman–Crippen MR) is 100 cm³/mol. The number of nitrogens with zero attached hydrogens (tertiary/aromatic N) is 3. The third kappa shape index (κ3) is 2.99. The quantitative estimate of drug-likeness (QED) is 0.564. The SMILES string of the molecule is Cc1[nH]c2ccccc2c1C(=O)C(C)Sc1nnc2n1CCCCC2. The molecule has 0 bridgehead atoms. The van der Waals surface area contributed by atoms with Crippen molar-refractivity contribution in [1.82, 2.24) is 19.7 Å². The summed E-state index contributed by atoms with van der Waals surface area (Å²) in [5, 5.41) is 10.3. The molecule has 1 aliphatic rings. The second-order valence-electron chi connectivity index (χ2n) is 6.66. The van der Waals surface area contributed by atoms with E-state index in [1.54, 1.807) is 0 Å². The van der Waals surface area contributed by atoms with Gasteiger partial charge in [0.25, 0.3) is 0 Å². The third-order valence-corrected chi connectivity index (χ3v) is 5.95. The normalized spacial score (nSPS) is 15.8. The van der Waals surface area contributed by atoms with Crippen molar-refractivity contribution < 1.29 is 4.79 Å². The van der Waals surface area contributed by atoms with Crippen LogP contribution in [0.5, 0.6) is 0 Å². The third-order valence-electron chi connectivity index (χ3n) is 4.87. The lowest BCUT2D eigenvalue weighted by Gasteiger charge is -2.12. The molecular formula is C19H22N4OS. The number of fused-ring (bicyclic) bond motifs is 2. The maximum Gasteiger partial charge on any atom is 0.191 e. The zero-order valence-electron chi connectivity index (χ0n) is 14.6. The molecule has 3 heterocycles. The minimum absolute atomic E-state index is 0.144. The topological polar surface area (TPSA) is 63.6 Å². The van der Waals surface area contributed by atoms with Gasteiger partial charge in [0, 0.05) is 35.1 Å². The van der Waals surface area contributed by atoms with Crippen LogP contribution >= 0.6 is 11.8 Å². The predicted octanol–water partition coefficient (Wildman–Crippen LogP) is 4.16. The Balaban J connectivity index is 1.61. The molecule has 4 rings (SSSR count). The first-order valence-corrected chi connectivity index (χ1v) is 9.73. The van der Waals surface area contributed by atoms with Crippen molar-refractivity contribution in [3.63, 3.8) is 0 Å². The van der Waals surface area contributed by atoms with E-state index in [9.17, 15) is 4.79 Å². The van der Waals surface area contributed by atoms with Crippen molar-refractivity contribution in [1.29, 1.82) is 0 Å². The Hall–Kier alpha value is -2.08. The van der Waals surface area contributed by atoms with E-state index >= 15 is 0 Å². The lowest BCUT2D eigenvalue weighted by atomic mass is 10.1. The minimum atomic E-state index is -0.200. The highest BCUT2D eigenvalue weighted by molar-refractivity contribution is 8.00. The summed E-state index contributed by atoms with van der Waals surface area (Å²) in [6, 6.07) is 7.97. The lowest BCUT2D eigenvalue weighted by Crippen LogP contribution is -2.15. The number of carbonyl (C=O) groups excluding carboxylic acids is 1. The molecule has 0 saturated heterocycles. The van der Waals surface area contributed by atoms with Crippen molar-refractivity contribution >= 4 is 28.4 Å². The van der Waals surface area contributed by atoms with Gasteiger partial charge in [-0.1, -0.05) is 36.4 Å². The van der Waals surface area contributed by atoms with Gasteiger partial charge in [-0.3, -0.25) is 4.79 Å². The Morgan fingerprint density at radius 2 is 2.08 bits per heavy atom. The summed E-state index contributed by atoms with van der Waals surface area (Å²) in [6.45, 7) is 4.89. The number of aryl methyl sites for hydroxylation is 2. The molecule has 0 radical (unpaired) electrons. The fraction of sp³-hybridized carbons (Fsp3) is 0.421. The largest absolute Gasteiger partial charge is 0.358 e. The summed E-state index contributed by atoms with van der Waals surface area (Å²) in [7, 11) is 0. The van der Waals surface area contributed by atoms with Crippen LogP contribution in [0.4, 0.5) is 0 Å². The molecule has 1 atom stereocenters. The molecule has 6 heteroatoms. The van der Waals surface area contributed by atoms with Crippen LogP contribution in [0.2, 0.25) is 0 Å².